The van der Waals surface area contributed by atoms with Gasteiger partial charge in [-0.3, -0.25) is 9.36 Å². The van der Waals surface area contributed by atoms with Gasteiger partial charge in [0.25, 0.3) is 0 Å². The number of para-hydroxylation sites is 1. The molecule has 0 fully saturated rings. The van der Waals surface area contributed by atoms with E-state index in [-0.39, 0.29) is 17.1 Å². The van der Waals surface area contributed by atoms with Gasteiger partial charge in [0.05, 0.1) is 11.4 Å². The van der Waals surface area contributed by atoms with Gasteiger partial charge >= 0.3 is 0 Å². The Labute approximate surface area is 187 Å². The molecule has 0 aliphatic heterocycles. The van der Waals surface area contributed by atoms with E-state index in [0.717, 1.165) is 36.2 Å². The number of aromatic nitrogens is 3. The van der Waals surface area contributed by atoms with Crippen molar-refractivity contribution in [2.75, 3.05) is 0 Å². The number of Topliss-reactive ketones (excluding diaryl/α,β-unsaturated/α-hetero) is 1. The Balaban J connectivity index is 1.69. The lowest BCUT2D eigenvalue weighted by atomic mass is 9.75. The minimum Gasteiger partial charge on any atom is -0.493 e. The first kappa shape index (κ1) is 20.2. The maximum absolute atomic E-state index is 12.8. The van der Waals surface area contributed by atoms with Crippen LogP contribution in [0.3, 0.4) is 0 Å². The van der Waals surface area contributed by atoms with E-state index in [1.807, 2.05) is 80.6 Å². The van der Waals surface area contributed by atoms with Crippen LogP contribution in [-0.2, 0) is 6.42 Å². The SMILES string of the molecule is CC1(C)CCc2nc(-c3nc(C4=CC=CCC=C4)c(O)n3-c3ccccc3)ccc2C1=O. The van der Waals surface area contributed by atoms with Crippen molar-refractivity contribution in [3.05, 3.63) is 89.8 Å². The topological polar surface area (TPSA) is 68.0 Å². The Morgan fingerprint density at radius 3 is 2.66 bits per heavy atom. The van der Waals surface area contributed by atoms with E-state index >= 15 is 0 Å². The first-order chi connectivity index (χ1) is 15.5. The molecule has 0 atom stereocenters. The molecule has 5 heteroatoms. The van der Waals surface area contributed by atoms with Crippen molar-refractivity contribution in [3.8, 4) is 23.1 Å². The van der Waals surface area contributed by atoms with Gasteiger partial charge in [-0.05, 0) is 43.5 Å². The van der Waals surface area contributed by atoms with Crippen LogP contribution in [0.1, 0.15) is 48.4 Å². The molecule has 2 heterocycles. The molecule has 3 aromatic rings. The van der Waals surface area contributed by atoms with Crippen molar-refractivity contribution in [2.45, 2.75) is 33.1 Å². The Hall–Kier alpha value is -3.73. The number of carbonyl (C=O) groups is 1. The van der Waals surface area contributed by atoms with Crippen LogP contribution in [0.4, 0.5) is 0 Å². The van der Waals surface area contributed by atoms with E-state index < -0.39 is 0 Å². The van der Waals surface area contributed by atoms with E-state index in [1.54, 1.807) is 4.57 Å². The summed E-state index contributed by atoms with van der Waals surface area (Å²) in [5, 5.41) is 11.2. The van der Waals surface area contributed by atoms with Crippen LogP contribution in [0.5, 0.6) is 5.88 Å². The van der Waals surface area contributed by atoms with E-state index in [1.165, 1.54) is 0 Å². The molecule has 5 rings (SSSR count). The predicted octanol–water partition coefficient (Wildman–Crippen LogP) is 5.69. The molecule has 1 aromatic carbocycles. The first-order valence-corrected chi connectivity index (χ1v) is 10.9. The summed E-state index contributed by atoms with van der Waals surface area (Å²) >= 11 is 0. The van der Waals surface area contributed by atoms with Crippen LogP contribution < -0.4 is 0 Å². The molecule has 32 heavy (non-hydrogen) atoms. The second-order valence-electron chi connectivity index (χ2n) is 8.87. The summed E-state index contributed by atoms with van der Waals surface area (Å²) in [6, 6.07) is 13.3. The van der Waals surface area contributed by atoms with E-state index in [4.69, 9.17) is 9.97 Å². The highest BCUT2D eigenvalue weighted by Gasteiger charge is 2.35. The Kier molecular flexibility index (Phi) is 4.89. The number of benzene rings is 1. The van der Waals surface area contributed by atoms with Crippen LogP contribution in [0.15, 0.2) is 72.8 Å². The third-order valence-electron chi connectivity index (χ3n) is 6.17. The maximum Gasteiger partial charge on any atom is 0.224 e. The standard InChI is InChI=1S/C27H25N3O2/c1-27(2)17-16-21-20(24(27)31)14-15-22(28-21)25-29-23(18-10-6-3-4-7-11-18)26(32)30(25)19-12-8-5-9-13-19/h3,5-15,32H,4,16-17H2,1-2H3. The van der Waals surface area contributed by atoms with Crippen LogP contribution in [0, 0.1) is 5.41 Å². The van der Waals surface area contributed by atoms with Crippen molar-refractivity contribution >= 4 is 11.4 Å². The average molecular weight is 424 g/mol. The van der Waals surface area contributed by atoms with Crippen molar-refractivity contribution in [2.24, 2.45) is 5.41 Å². The van der Waals surface area contributed by atoms with Gasteiger partial charge in [-0.25, -0.2) is 9.97 Å². The molecule has 0 spiro atoms. The number of fused-ring (bicyclic) bond motifs is 1. The van der Waals surface area contributed by atoms with Crippen LogP contribution >= 0.6 is 0 Å². The number of ketones is 1. The van der Waals surface area contributed by atoms with Crippen molar-refractivity contribution in [1.29, 1.82) is 0 Å². The summed E-state index contributed by atoms with van der Waals surface area (Å²) in [5.41, 5.74) is 3.89. The lowest BCUT2D eigenvalue weighted by molar-refractivity contribution is 0.0809. The molecule has 5 nitrogen and oxygen atoms in total. The molecule has 0 unspecified atom stereocenters. The molecule has 0 saturated carbocycles. The number of nitrogens with zero attached hydrogens (tertiary/aromatic N) is 3. The Morgan fingerprint density at radius 1 is 1.03 bits per heavy atom. The zero-order valence-electron chi connectivity index (χ0n) is 18.2. The normalized spacial score (nSPS) is 17.1. The van der Waals surface area contributed by atoms with Gasteiger partial charge in [0.15, 0.2) is 11.6 Å². The zero-order chi connectivity index (χ0) is 22.3. The van der Waals surface area contributed by atoms with Crippen LogP contribution in [-0.4, -0.2) is 25.4 Å². The average Bonchev–Trinajstić information content (AvgIpc) is 2.96. The maximum atomic E-state index is 12.8. The van der Waals surface area contributed by atoms with Gasteiger partial charge in [0, 0.05) is 16.6 Å². The van der Waals surface area contributed by atoms with Crippen molar-refractivity contribution in [3.63, 3.8) is 0 Å². The molecular weight excluding hydrogens is 398 g/mol. The summed E-state index contributed by atoms with van der Waals surface area (Å²) in [5.74, 6) is 0.744. The third-order valence-corrected chi connectivity index (χ3v) is 6.17. The highest BCUT2D eigenvalue weighted by Crippen LogP contribution is 2.37. The number of pyridine rings is 1. The number of carbonyl (C=O) groups excluding carboxylic acids is 1. The summed E-state index contributed by atoms with van der Waals surface area (Å²) in [7, 11) is 0. The molecule has 2 aliphatic carbocycles. The van der Waals surface area contributed by atoms with Gasteiger partial charge < -0.3 is 5.11 Å². The van der Waals surface area contributed by atoms with E-state index in [9.17, 15) is 9.90 Å². The van der Waals surface area contributed by atoms with Gasteiger partial charge in [0.1, 0.15) is 11.4 Å². The molecule has 1 N–H and O–H groups in total. The molecule has 0 radical (unpaired) electrons. The van der Waals surface area contributed by atoms with Gasteiger partial charge in [-0.2, -0.15) is 0 Å². The lowest BCUT2D eigenvalue weighted by Gasteiger charge is -2.29. The molecule has 160 valence electrons. The second-order valence-corrected chi connectivity index (χ2v) is 8.87. The monoisotopic (exact) mass is 423 g/mol. The fourth-order valence-corrected chi connectivity index (χ4v) is 4.27. The van der Waals surface area contributed by atoms with E-state index in [2.05, 4.69) is 6.08 Å². The summed E-state index contributed by atoms with van der Waals surface area (Å²) < 4.78 is 1.72. The number of aryl methyl sites for hydroxylation is 1. The third kappa shape index (κ3) is 3.40. The predicted molar refractivity (Wildman–Crippen MR) is 126 cm³/mol. The van der Waals surface area contributed by atoms with Crippen LogP contribution in [0.2, 0.25) is 0 Å². The fraction of sp³-hybridized carbons (Fsp3) is 0.222. The zero-order valence-corrected chi connectivity index (χ0v) is 18.2. The summed E-state index contributed by atoms with van der Waals surface area (Å²) in [6.45, 7) is 3.97. The number of imidazole rings is 1. The van der Waals surface area contributed by atoms with Gasteiger partial charge in [0.2, 0.25) is 5.88 Å². The fourth-order valence-electron chi connectivity index (χ4n) is 4.27. The van der Waals surface area contributed by atoms with E-state index in [0.29, 0.717) is 22.8 Å². The second kappa shape index (κ2) is 7.75. The van der Waals surface area contributed by atoms with Crippen LogP contribution in [0.25, 0.3) is 22.8 Å². The molecule has 0 saturated heterocycles. The minimum absolute atomic E-state index is 0.0640. The molecule has 0 bridgehead atoms. The quantitative estimate of drug-likeness (QED) is 0.587. The Bertz CT molecular complexity index is 1290. The minimum atomic E-state index is -0.365. The van der Waals surface area contributed by atoms with Gasteiger partial charge in [-0.1, -0.05) is 62.4 Å². The highest BCUT2D eigenvalue weighted by molar-refractivity contribution is 6.02. The number of allylic oxidation sites excluding steroid dienone is 6. The number of hydrogen-bond acceptors (Lipinski definition) is 4. The molecular formula is C27H25N3O2. The number of aromatic hydroxyl groups is 1. The smallest absolute Gasteiger partial charge is 0.224 e. The first-order valence-electron chi connectivity index (χ1n) is 10.9. The Morgan fingerprint density at radius 2 is 1.84 bits per heavy atom. The molecule has 0 amide bonds. The number of rotatable bonds is 3. The largest absolute Gasteiger partial charge is 0.493 e. The number of hydrogen-bond donors (Lipinski definition) is 1. The van der Waals surface area contributed by atoms with Gasteiger partial charge in [-0.15, -0.1) is 0 Å². The van der Waals surface area contributed by atoms with Crippen molar-refractivity contribution < 1.29 is 9.90 Å². The summed E-state index contributed by atoms with van der Waals surface area (Å²) in [4.78, 5) is 22.5. The van der Waals surface area contributed by atoms with Crippen molar-refractivity contribution in [1.82, 2.24) is 14.5 Å². The molecule has 2 aliphatic rings. The summed E-state index contributed by atoms with van der Waals surface area (Å²) in [6.07, 6.45) is 12.3. The molecule has 2 aromatic heterocycles. The lowest BCUT2D eigenvalue weighted by Crippen LogP contribution is -2.31. The highest BCUT2D eigenvalue weighted by atomic mass is 16.3.